The van der Waals surface area contributed by atoms with E-state index in [4.69, 9.17) is 0 Å². The van der Waals surface area contributed by atoms with Crippen LogP contribution in [0.4, 0.5) is 0 Å². The lowest BCUT2D eigenvalue weighted by Crippen LogP contribution is -2.45. The van der Waals surface area contributed by atoms with Crippen LogP contribution in [0.2, 0.25) is 0 Å². The number of rotatable bonds is 6. The van der Waals surface area contributed by atoms with Gasteiger partial charge in [-0.15, -0.1) is 0 Å². The van der Waals surface area contributed by atoms with Gasteiger partial charge in [0.1, 0.15) is 0 Å². The first-order chi connectivity index (χ1) is 9.22. The number of nitrogens with one attached hydrogen (secondary N) is 1. The van der Waals surface area contributed by atoms with Crippen molar-refractivity contribution in [3.8, 4) is 0 Å². The number of hydrogen-bond donors (Lipinski definition) is 1. The Morgan fingerprint density at radius 3 is 2.05 bits per heavy atom. The fourth-order valence-electron chi connectivity index (χ4n) is 2.33. The van der Waals surface area contributed by atoms with Crippen molar-refractivity contribution in [3.63, 3.8) is 0 Å². The minimum absolute atomic E-state index is 0.148. The fourth-order valence-corrected chi connectivity index (χ4v) is 2.33. The molecule has 1 rings (SSSR count). The standard InChI is InChI=1S/C18H32N2/c1-14(2)15(3)20(7)17(13-19-18(4,5)6)16-11-9-8-10-12-16/h8-12,14-15,17,19H,13H2,1-7H3. The van der Waals surface area contributed by atoms with Crippen molar-refractivity contribution in [2.45, 2.75) is 59.2 Å². The lowest BCUT2D eigenvalue weighted by Gasteiger charge is -2.37. The van der Waals surface area contributed by atoms with E-state index in [0.717, 1.165) is 6.54 Å². The van der Waals surface area contributed by atoms with E-state index in [2.05, 4.69) is 89.1 Å². The SMILES string of the molecule is CC(C)C(C)N(C)C(CNC(C)(C)C)c1ccccc1. The van der Waals surface area contributed by atoms with Crippen LogP contribution in [0.1, 0.15) is 53.1 Å². The van der Waals surface area contributed by atoms with Crippen LogP contribution in [-0.2, 0) is 0 Å². The minimum atomic E-state index is 0.148. The molecular formula is C18H32N2. The number of nitrogens with zero attached hydrogens (tertiary/aromatic N) is 1. The van der Waals surface area contributed by atoms with E-state index in [1.165, 1.54) is 5.56 Å². The van der Waals surface area contributed by atoms with Gasteiger partial charge in [0, 0.05) is 24.2 Å². The molecule has 2 heteroatoms. The lowest BCUT2D eigenvalue weighted by molar-refractivity contribution is 0.139. The molecule has 0 spiro atoms. The van der Waals surface area contributed by atoms with Crippen LogP contribution >= 0.6 is 0 Å². The first-order valence-corrected chi connectivity index (χ1v) is 7.74. The Balaban J connectivity index is 2.90. The minimum Gasteiger partial charge on any atom is -0.310 e. The second-order valence-corrected chi connectivity index (χ2v) is 7.21. The van der Waals surface area contributed by atoms with Gasteiger partial charge in [0.05, 0.1) is 0 Å². The van der Waals surface area contributed by atoms with Crippen LogP contribution in [0.3, 0.4) is 0 Å². The summed E-state index contributed by atoms with van der Waals surface area (Å²) in [6.45, 7) is 14.5. The van der Waals surface area contributed by atoms with Gasteiger partial charge in [-0.3, -0.25) is 4.90 Å². The second-order valence-electron chi connectivity index (χ2n) is 7.21. The normalized spacial score (nSPS) is 15.7. The van der Waals surface area contributed by atoms with E-state index >= 15 is 0 Å². The first kappa shape index (κ1) is 17.2. The Morgan fingerprint density at radius 1 is 1.05 bits per heavy atom. The van der Waals surface area contributed by atoms with Gasteiger partial charge in [-0.05, 0) is 46.2 Å². The summed E-state index contributed by atoms with van der Waals surface area (Å²) < 4.78 is 0. The molecule has 2 atom stereocenters. The molecule has 1 N–H and O–H groups in total. The largest absolute Gasteiger partial charge is 0.310 e. The summed E-state index contributed by atoms with van der Waals surface area (Å²) in [4.78, 5) is 2.50. The highest BCUT2D eigenvalue weighted by atomic mass is 15.2. The summed E-state index contributed by atoms with van der Waals surface area (Å²) in [5, 5.41) is 3.65. The van der Waals surface area contributed by atoms with Crippen molar-refractivity contribution in [1.82, 2.24) is 10.2 Å². The number of likely N-dealkylation sites (N-methyl/N-ethyl adjacent to an activating group) is 1. The van der Waals surface area contributed by atoms with Crippen molar-refractivity contribution in [2.75, 3.05) is 13.6 Å². The van der Waals surface area contributed by atoms with Crippen LogP contribution in [0.5, 0.6) is 0 Å². The number of hydrogen-bond acceptors (Lipinski definition) is 2. The maximum atomic E-state index is 3.65. The quantitative estimate of drug-likeness (QED) is 0.842. The van der Waals surface area contributed by atoms with E-state index in [-0.39, 0.29) is 5.54 Å². The molecule has 0 amide bonds. The molecule has 1 aromatic rings. The zero-order chi connectivity index (χ0) is 15.3. The average molecular weight is 276 g/mol. The first-order valence-electron chi connectivity index (χ1n) is 7.74. The zero-order valence-electron chi connectivity index (χ0n) is 14.3. The molecule has 0 saturated heterocycles. The van der Waals surface area contributed by atoms with Gasteiger partial charge in [-0.2, -0.15) is 0 Å². The van der Waals surface area contributed by atoms with Crippen LogP contribution in [0.15, 0.2) is 30.3 Å². The van der Waals surface area contributed by atoms with E-state index in [9.17, 15) is 0 Å². The molecule has 0 radical (unpaired) electrons. The van der Waals surface area contributed by atoms with E-state index < -0.39 is 0 Å². The summed E-state index contributed by atoms with van der Waals surface area (Å²) in [7, 11) is 2.24. The Morgan fingerprint density at radius 2 is 1.60 bits per heavy atom. The van der Waals surface area contributed by atoms with Gasteiger partial charge in [-0.25, -0.2) is 0 Å². The van der Waals surface area contributed by atoms with Gasteiger partial charge in [0.15, 0.2) is 0 Å². The van der Waals surface area contributed by atoms with Crippen LogP contribution < -0.4 is 5.32 Å². The molecule has 0 aliphatic carbocycles. The van der Waals surface area contributed by atoms with Gasteiger partial charge < -0.3 is 5.32 Å². The third-order valence-electron chi connectivity index (χ3n) is 4.11. The van der Waals surface area contributed by atoms with Gasteiger partial charge in [0.2, 0.25) is 0 Å². The molecule has 0 aliphatic rings. The maximum absolute atomic E-state index is 3.65. The van der Waals surface area contributed by atoms with Crippen LogP contribution in [0, 0.1) is 5.92 Å². The van der Waals surface area contributed by atoms with Gasteiger partial charge >= 0.3 is 0 Å². The average Bonchev–Trinajstić information content (AvgIpc) is 2.37. The molecule has 0 bridgehead atoms. The van der Waals surface area contributed by atoms with Crippen LogP contribution in [-0.4, -0.2) is 30.1 Å². The van der Waals surface area contributed by atoms with Gasteiger partial charge in [0.25, 0.3) is 0 Å². The maximum Gasteiger partial charge on any atom is 0.0472 e. The Kier molecular flexibility index (Phi) is 6.22. The summed E-state index contributed by atoms with van der Waals surface area (Å²) in [5.74, 6) is 0.654. The van der Waals surface area contributed by atoms with Crippen molar-refractivity contribution < 1.29 is 0 Å². The predicted octanol–water partition coefficient (Wildman–Crippen LogP) is 4.09. The van der Waals surface area contributed by atoms with Gasteiger partial charge in [-0.1, -0.05) is 44.2 Å². The Hall–Kier alpha value is -0.860. The smallest absolute Gasteiger partial charge is 0.0472 e. The Bertz CT molecular complexity index is 378. The molecule has 0 aliphatic heterocycles. The molecule has 2 nitrogen and oxygen atoms in total. The molecule has 2 unspecified atom stereocenters. The van der Waals surface area contributed by atoms with Crippen molar-refractivity contribution in [1.29, 1.82) is 0 Å². The Labute approximate surface area is 125 Å². The summed E-state index contributed by atoms with van der Waals surface area (Å²) in [6, 6.07) is 11.8. The van der Waals surface area contributed by atoms with E-state index in [1.54, 1.807) is 0 Å². The highest BCUT2D eigenvalue weighted by Crippen LogP contribution is 2.24. The van der Waals surface area contributed by atoms with Crippen molar-refractivity contribution in [2.24, 2.45) is 5.92 Å². The molecule has 0 heterocycles. The highest BCUT2D eigenvalue weighted by Gasteiger charge is 2.24. The molecular weight excluding hydrogens is 244 g/mol. The third-order valence-corrected chi connectivity index (χ3v) is 4.11. The summed E-state index contributed by atoms with van der Waals surface area (Å²) in [6.07, 6.45) is 0. The topological polar surface area (TPSA) is 15.3 Å². The molecule has 0 fully saturated rings. The van der Waals surface area contributed by atoms with E-state index in [0.29, 0.717) is 18.0 Å². The number of benzene rings is 1. The monoisotopic (exact) mass is 276 g/mol. The molecule has 114 valence electrons. The van der Waals surface area contributed by atoms with Crippen molar-refractivity contribution >= 4 is 0 Å². The second kappa shape index (κ2) is 7.24. The lowest BCUT2D eigenvalue weighted by atomic mass is 9.98. The summed E-state index contributed by atoms with van der Waals surface area (Å²) in [5.41, 5.74) is 1.54. The highest BCUT2D eigenvalue weighted by molar-refractivity contribution is 5.19. The zero-order valence-corrected chi connectivity index (χ0v) is 14.3. The summed E-state index contributed by atoms with van der Waals surface area (Å²) >= 11 is 0. The molecule has 0 saturated carbocycles. The van der Waals surface area contributed by atoms with Crippen LogP contribution in [0.25, 0.3) is 0 Å². The fraction of sp³-hybridized carbons (Fsp3) is 0.667. The van der Waals surface area contributed by atoms with E-state index in [1.807, 2.05) is 0 Å². The molecule has 20 heavy (non-hydrogen) atoms. The third kappa shape index (κ3) is 5.26. The van der Waals surface area contributed by atoms with Crippen molar-refractivity contribution in [3.05, 3.63) is 35.9 Å². The molecule has 0 aromatic heterocycles. The predicted molar refractivity (Wildman–Crippen MR) is 89.0 cm³/mol. The molecule has 1 aromatic carbocycles.